The van der Waals surface area contributed by atoms with Gasteiger partial charge in [-0.2, -0.15) is 0 Å². The smallest absolute Gasteiger partial charge is 0.306 e. The van der Waals surface area contributed by atoms with Gasteiger partial charge in [0.15, 0.2) is 6.10 Å². The molecule has 0 aromatic carbocycles. The van der Waals surface area contributed by atoms with E-state index < -0.39 is 6.10 Å². The molecule has 6 heteroatoms. The Kier molecular flexibility index (Phi) is 65.3. The van der Waals surface area contributed by atoms with Crippen LogP contribution < -0.4 is 0 Å². The first-order valence-corrected chi connectivity index (χ1v) is 34.2. The SMILES string of the molecule is CC/C=C\C/C=C\C/C=C\C/C=C\C/C=C\C/C=C\C/C=C\CCCCCCCCCC(=O)OCC(COC(=O)CCCCCCCCCC)OC(=O)CCCCCCCCCCCCCCCC/C=C\C/C=C\C/C=C\C/C=C\CC. The number of carbonyl (C=O) groups excluding carboxylic acids is 3. The summed E-state index contributed by atoms with van der Waals surface area (Å²) in [6.45, 7) is 6.39. The molecule has 0 bridgehead atoms. The predicted octanol–water partition coefficient (Wildman–Crippen LogP) is 23.7. The lowest BCUT2D eigenvalue weighted by molar-refractivity contribution is -0.167. The lowest BCUT2D eigenvalue weighted by Gasteiger charge is -2.18. The lowest BCUT2D eigenvalue weighted by Crippen LogP contribution is -2.30. The van der Waals surface area contributed by atoms with Crippen molar-refractivity contribution in [3.63, 3.8) is 0 Å². The highest BCUT2D eigenvalue weighted by atomic mass is 16.6. The highest BCUT2D eigenvalue weighted by Crippen LogP contribution is 2.16. The van der Waals surface area contributed by atoms with E-state index in [2.05, 4.69) is 154 Å². The molecule has 0 saturated carbocycles. The summed E-state index contributed by atoms with van der Waals surface area (Å²) in [5, 5.41) is 0. The third-order valence-electron chi connectivity index (χ3n) is 14.4. The van der Waals surface area contributed by atoms with E-state index in [9.17, 15) is 14.4 Å². The molecule has 1 atom stereocenters. The third-order valence-corrected chi connectivity index (χ3v) is 14.4. The van der Waals surface area contributed by atoms with Crippen LogP contribution in [-0.2, 0) is 28.6 Å². The zero-order chi connectivity index (χ0) is 59.2. The number of esters is 3. The molecular weight excluding hydrogens is 1010 g/mol. The molecule has 0 aliphatic heterocycles. The van der Waals surface area contributed by atoms with Crippen LogP contribution in [-0.4, -0.2) is 37.2 Å². The quantitative estimate of drug-likeness (QED) is 0.0261. The Morgan fingerprint density at radius 2 is 0.476 bits per heavy atom. The van der Waals surface area contributed by atoms with E-state index in [-0.39, 0.29) is 31.1 Å². The Labute approximate surface area is 506 Å². The Balaban J connectivity index is 4.19. The van der Waals surface area contributed by atoms with E-state index in [0.29, 0.717) is 19.3 Å². The number of unbranched alkanes of at least 4 members (excludes halogenated alkanes) is 28. The van der Waals surface area contributed by atoms with Gasteiger partial charge in [0.25, 0.3) is 0 Å². The maximum Gasteiger partial charge on any atom is 0.306 e. The van der Waals surface area contributed by atoms with Gasteiger partial charge in [-0.1, -0.05) is 309 Å². The first-order chi connectivity index (χ1) is 40.5. The number of carbonyl (C=O) groups is 3. The summed E-state index contributed by atoms with van der Waals surface area (Å²) < 4.78 is 16.9. The summed E-state index contributed by atoms with van der Waals surface area (Å²) in [7, 11) is 0. The number of allylic oxidation sites excluding steroid dienone is 22. The normalized spacial score (nSPS) is 13.0. The lowest BCUT2D eigenvalue weighted by atomic mass is 10.0. The molecule has 0 fully saturated rings. The van der Waals surface area contributed by atoms with Gasteiger partial charge in [0.2, 0.25) is 0 Å². The maximum atomic E-state index is 12.9. The second-order valence-corrected chi connectivity index (χ2v) is 22.3. The Hall–Kier alpha value is -4.45. The van der Waals surface area contributed by atoms with Crippen molar-refractivity contribution in [1.82, 2.24) is 0 Å². The zero-order valence-electron chi connectivity index (χ0n) is 53.5. The van der Waals surface area contributed by atoms with E-state index in [1.807, 2.05) is 0 Å². The van der Waals surface area contributed by atoms with Gasteiger partial charge < -0.3 is 14.2 Å². The number of hydrogen-bond donors (Lipinski definition) is 0. The van der Waals surface area contributed by atoms with E-state index in [0.717, 1.165) is 135 Å². The van der Waals surface area contributed by atoms with Crippen molar-refractivity contribution in [2.45, 2.75) is 316 Å². The molecule has 0 amide bonds. The monoisotopic (exact) mass is 1130 g/mol. The Morgan fingerprint density at radius 3 is 0.744 bits per heavy atom. The minimum atomic E-state index is -0.785. The van der Waals surface area contributed by atoms with E-state index in [1.165, 1.54) is 135 Å². The van der Waals surface area contributed by atoms with E-state index in [1.54, 1.807) is 0 Å². The average Bonchev–Trinajstić information content (AvgIpc) is 3.47. The number of hydrogen-bond acceptors (Lipinski definition) is 6. The Bertz CT molecular complexity index is 1730. The first-order valence-electron chi connectivity index (χ1n) is 34.2. The summed E-state index contributed by atoms with van der Waals surface area (Å²) in [5.74, 6) is -0.892. The van der Waals surface area contributed by atoms with Gasteiger partial charge >= 0.3 is 17.9 Å². The van der Waals surface area contributed by atoms with Crippen molar-refractivity contribution in [2.75, 3.05) is 13.2 Å². The van der Waals surface area contributed by atoms with Gasteiger partial charge in [-0.05, 0) is 116 Å². The molecule has 0 N–H and O–H groups in total. The first kappa shape index (κ1) is 77.5. The van der Waals surface area contributed by atoms with Gasteiger partial charge in [-0.3, -0.25) is 14.4 Å². The highest BCUT2D eigenvalue weighted by molar-refractivity contribution is 5.71. The van der Waals surface area contributed by atoms with Crippen molar-refractivity contribution in [3.8, 4) is 0 Å². The number of rotatable bonds is 61. The van der Waals surface area contributed by atoms with E-state index in [4.69, 9.17) is 14.2 Å². The minimum absolute atomic E-state index is 0.0820. The fraction of sp³-hybridized carbons (Fsp3) is 0.671. The van der Waals surface area contributed by atoms with E-state index >= 15 is 0 Å². The summed E-state index contributed by atoms with van der Waals surface area (Å²) in [4.78, 5) is 38.2. The molecule has 6 nitrogen and oxygen atoms in total. The molecule has 0 aromatic heterocycles. The van der Waals surface area contributed by atoms with Crippen LogP contribution in [0.1, 0.15) is 310 Å². The van der Waals surface area contributed by atoms with Crippen molar-refractivity contribution >= 4 is 17.9 Å². The van der Waals surface area contributed by atoms with Crippen molar-refractivity contribution in [3.05, 3.63) is 134 Å². The summed E-state index contributed by atoms with van der Waals surface area (Å²) >= 11 is 0. The fourth-order valence-corrected chi connectivity index (χ4v) is 9.36. The van der Waals surface area contributed by atoms with Crippen LogP contribution in [0.25, 0.3) is 0 Å². The van der Waals surface area contributed by atoms with Gasteiger partial charge in [0, 0.05) is 19.3 Å². The minimum Gasteiger partial charge on any atom is -0.462 e. The largest absolute Gasteiger partial charge is 0.462 e. The molecular formula is C76H126O6. The predicted molar refractivity (Wildman–Crippen MR) is 357 cm³/mol. The highest BCUT2D eigenvalue weighted by Gasteiger charge is 2.19. The molecule has 0 rings (SSSR count). The van der Waals surface area contributed by atoms with Crippen LogP contribution in [0.3, 0.4) is 0 Å². The molecule has 0 spiro atoms. The van der Waals surface area contributed by atoms with Gasteiger partial charge in [-0.25, -0.2) is 0 Å². The molecule has 1 unspecified atom stereocenters. The molecule has 0 aliphatic carbocycles. The molecule has 0 aromatic rings. The molecule has 82 heavy (non-hydrogen) atoms. The number of ether oxygens (including phenoxy) is 3. The molecule has 0 aliphatic rings. The van der Waals surface area contributed by atoms with Crippen LogP contribution in [0.15, 0.2) is 134 Å². The molecule has 0 radical (unpaired) electrons. The van der Waals surface area contributed by atoms with Crippen LogP contribution in [0.4, 0.5) is 0 Å². The summed E-state index contributed by atoms with van der Waals surface area (Å²) in [5.41, 5.74) is 0. The van der Waals surface area contributed by atoms with Gasteiger partial charge in [0.05, 0.1) is 0 Å². The second kappa shape index (κ2) is 69.0. The van der Waals surface area contributed by atoms with Crippen molar-refractivity contribution < 1.29 is 28.6 Å². The van der Waals surface area contributed by atoms with Gasteiger partial charge in [-0.15, -0.1) is 0 Å². The van der Waals surface area contributed by atoms with Crippen molar-refractivity contribution in [1.29, 1.82) is 0 Å². The van der Waals surface area contributed by atoms with Crippen molar-refractivity contribution in [2.24, 2.45) is 0 Å². The maximum absolute atomic E-state index is 12.9. The van der Waals surface area contributed by atoms with Crippen LogP contribution in [0, 0.1) is 0 Å². The Morgan fingerprint density at radius 1 is 0.256 bits per heavy atom. The third kappa shape index (κ3) is 66.4. The van der Waals surface area contributed by atoms with Crippen LogP contribution in [0.2, 0.25) is 0 Å². The standard InChI is InChI=1S/C76H126O6/c1-4-7-10-13-16-19-21-23-25-27-29-31-33-35-37-38-40-41-43-45-47-49-51-53-55-57-60-63-66-69-75(78)81-72-73(71-80-74(77)68-65-62-59-18-15-12-9-6-3)82-76(79)70-67-64-61-58-56-54-52-50-48-46-44-42-39-36-34-32-30-28-26-24-22-20-17-14-11-8-5-2/h7-8,10-11,16-17,19-20,23-26,29-32,35,37,40-41,45,47,73H,4-6,9,12-15,18,21-22,27-28,33-34,36,38-39,42-44,46,48-72H2,1-3H3/b10-7-,11-8-,19-16-,20-17-,25-23-,26-24-,31-29-,32-30-,37-35-,41-40-,47-45-. The molecule has 0 heterocycles. The second-order valence-electron chi connectivity index (χ2n) is 22.3. The summed E-state index contributed by atoms with van der Waals surface area (Å²) in [6, 6.07) is 0. The zero-order valence-corrected chi connectivity index (χ0v) is 53.5. The molecule has 0 saturated heterocycles. The average molecular weight is 1140 g/mol. The van der Waals surface area contributed by atoms with Crippen LogP contribution >= 0.6 is 0 Å². The van der Waals surface area contributed by atoms with Crippen LogP contribution in [0.5, 0.6) is 0 Å². The topological polar surface area (TPSA) is 78.9 Å². The molecule has 466 valence electrons. The fourth-order valence-electron chi connectivity index (χ4n) is 9.36. The van der Waals surface area contributed by atoms with Gasteiger partial charge in [0.1, 0.15) is 13.2 Å². The summed E-state index contributed by atoms with van der Waals surface area (Å²) in [6.07, 6.45) is 97.7.